The van der Waals surface area contributed by atoms with E-state index in [1.807, 2.05) is 25.1 Å². The third-order valence-electron chi connectivity index (χ3n) is 2.86. The zero-order valence-corrected chi connectivity index (χ0v) is 13.4. The van der Waals surface area contributed by atoms with E-state index in [2.05, 4.69) is 15.9 Å². The smallest absolute Gasteiger partial charge is 0.253 e. The molecule has 1 aromatic carbocycles. The van der Waals surface area contributed by atoms with Gasteiger partial charge in [0.2, 0.25) is 0 Å². The molecule has 0 aliphatic carbocycles. The minimum Gasteiger partial charge on any atom is -0.494 e. The average molecular weight is 357 g/mol. The van der Waals surface area contributed by atoms with Gasteiger partial charge in [-0.1, -0.05) is 11.6 Å². The number of aryl methyl sites for hydroxylation is 2. The monoisotopic (exact) mass is 355 g/mol. The Morgan fingerprint density at radius 2 is 2.00 bits per heavy atom. The third-order valence-corrected chi connectivity index (χ3v) is 3.54. The van der Waals surface area contributed by atoms with E-state index in [9.17, 15) is 4.79 Å². The van der Waals surface area contributed by atoms with E-state index in [1.165, 1.54) is 0 Å². The highest BCUT2D eigenvalue weighted by molar-refractivity contribution is 9.10. The Hall–Kier alpha value is -1.26. The van der Waals surface area contributed by atoms with Gasteiger partial charge in [-0.15, -0.1) is 0 Å². The molecule has 0 radical (unpaired) electrons. The van der Waals surface area contributed by atoms with Crippen LogP contribution in [0.5, 0.6) is 5.75 Å². The summed E-state index contributed by atoms with van der Waals surface area (Å²) in [5.41, 5.74) is 0.776. The Kier molecular flexibility index (Phi) is 5.26. The van der Waals surface area contributed by atoms with Crippen molar-refractivity contribution in [1.29, 1.82) is 0 Å². The number of benzene rings is 1. The van der Waals surface area contributed by atoms with Crippen LogP contribution >= 0.6 is 27.5 Å². The van der Waals surface area contributed by atoms with Crippen molar-refractivity contribution in [3.63, 3.8) is 0 Å². The zero-order valence-electron chi connectivity index (χ0n) is 11.1. The molecule has 0 aliphatic heterocycles. The number of aromatic nitrogens is 1. The number of hydrogen-bond acceptors (Lipinski definition) is 2. The van der Waals surface area contributed by atoms with Crippen molar-refractivity contribution >= 4 is 27.5 Å². The van der Waals surface area contributed by atoms with Crippen LogP contribution < -0.4 is 10.3 Å². The quantitative estimate of drug-likeness (QED) is 0.757. The zero-order chi connectivity index (χ0) is 14.5. The van der Waals surface area contributed by atoms with Crippen molar-refractivity contribution in [2.24, 2.45) is 0 Å². The second kappa shape index (κ2) is 6.95. The lowest BCUT2D eigenvalue weighted by atomic mass is 10.3. The van der Waals surface area contributed by atoms with Gasteiger partial charge in [0, 0.05) is 27.8 Å². The molecule has 0 bridgehead atoms. The molecule has 0 aliphatic rings. The molecule has 1 heterocycles. The molecule has 0 atom stereocenters. The molecule has 0 unspecified atom stereocenters. The van der Waals surface area contributed by atoms with Gasteiger partial charge in [-0.2, -0.15) is 0 Å². The lowest BCUT2D eigenvalue weighted by Crippen LogP contribution is -2.22. The molecule has 106 valence electrons. The van der Waals surface area contributed by atoms with E-state index in [1.54, 1.807) is 22.9 Å². The number of halogens is 2. The molecular formula is C15H15BrClNO2. The predicted octanol–water partition coefficient (Wildman–Crippen LogP) is 4.04. The molecule has 0 saturated carbocycles. The van der Waals surface area contributed by atoms with Crippen molar-refractivity contribution in [2.75, 3.05) is 6.61 Å². The summed E-state index contributed by atoms with van der Waals surface area (Å²) in [7, 11) is 0. The highest BCUT2D eigenvalue weighted by atomic mass is 79.9. The molecule has 3 nitrogen and oxygen atoms in total. The fourth-order valence-electron chi connectivity index (χ4n) is 1.86. The van der Waals surface area contributed by atoms with E-state index in [0.29, 0.717) is 18.2 Å². The molecule has 0 spiro atoms. The molecule has 2 aromatic rings. The topological polar surface area (TPSA) is 31.2 Å². The summed E-state index contributed by atoms with van der Waals surface area (Å²) in [5, 5.41) is 0.688. The standard InChI is InChI=1S/C15H15BrClNO2/c1-11-9-12(16)10-18(15(11)19)7-2-8-20-14-5-3-13(17)4-6-14/h3-6,9-10H,2,7-8H2,1H3. The molecular weight excluding hydrogens is 342 g/mol. The van der Waals surface area contributed by atoms with Crippen molar-refractivity contribution in [1.82, 2.24) is 4.57 Å². The van der Waals surface area contributed by atoms with Crippen LogP contribution in [-0.4, -0.2) is 11.2 Å². The first-order chi connectivity index (χ1) is 9.56. The maximum absolute atomic E-state index is 11.9. The maximum atomic E-state index is 11.9. The van der Waals surface area contributed by atoms with E-state index in [0.717, 1.165) is 22.2 Å². The number of rotatable bonds is 5. The summed E-state index contributed by atoms with van der Waals surface area (Å²) in [6, 6.07) is 9.07. The number of hydrogen-bond donors (Lipinski definition) is 0. The number of pyridine rings is 1. The Morgan fingerprint density at radius 1 is 1.30 bits per heavy atom. The van der Waals surface area contributed by atoms with Crippen LogP contribution in [0.3, 0.4) is 0 Å². The second-order valence-electron chi connectivity index (χ2n) is 4.50. The van der Waals surface area contributed by atoms with Crippen LogP contribution in [0.15, 0.2) is 45.8 Å². The molecule has 1 aromatic heterocycles. The van der Waals surface area contributed by atoms with Gasteiger partial charge in [-0.25, -0.2) is 0 Å². The average Bonchev–Trinajstić information content (AvgIpc) is 2.42. The summed E-state index contributed by atoms with van der Waals surface area (Å²) >= 11 is 9.20. The van der Waals surface area contributed by atoms with Crippen LogP contribution in [0.2, 0.25) is 5.02 Å². The second-order valence-corrected chi connectivity index (χ2v) is 5.85. The third kappa shape index (κ3) is 4.12. The summed E-state index contributed by atoms with van der Waals surface area (Å²) < 4.78 is 8.21. The van der Waals surface area contributed by atoms with Gasteiger partial charge in [-0.3, -0.25) is 4.79 Å². The van der Waals surface area contributed by atoms with Crippen LogP contribution in [0.25, 0.3) is 0 Å². The largest absolute Gasteiger partial charge is 0.494 e. The normalized spacial score (nSPS) is 10.6. The SMILES string of the molecule is Cc1cc(Br)cn(CCCOc2ccc(Cl)cc2)c1=O. The Balaban J connectivity index is 1.87. The maximum Gasteiger partial charge on any atom is 0.253 e. The first-order valence-electron chi connectivity index (χ1n) is 6.31. The molecule has 0 N–H and O–H groups in total. The van der Waals surface area contributed by atoms with Crippen LogP contribution in [-0.2, 0) is 6.54 Å². The highest BCUT2D eigenvalue weighted by Crippen LogP contribution is 2.15. The van der Waals surface area contributed by atoms with Gasteiger partial charge in [0.1, 0.15) is 5.75 Å². The lowest BCUT2D eigenvalue weighted by molar-refractivity contribution is 0.301. The van der Waals surface area contributed by atoms with E-state index in [-0.39, 0.29) is 5.56 Å². The number of ether oxygens (including phenoxy) is 1. The summed E-state index contributed by atoms with van der Waals surface area (Å²) in [6.07, 6.45) is 2.57. The van der Waals surface area contributed by atoms with Gasteiger partial charge in [0.25, 0.3) is 5.56 Å². The first-order valence-corrected chi connectivity index (χ1v) is 7.48. The Morgan fingerprint density at radius 3 is 2.70 bits per heavy atom. The van der Waals surface area contributed by atoms with Gasteiger partial charge in [0.05, 0.1) is 6.61 Å². The highest BCUT2D eigenvalue weighted by Gasteiger charge is 2.02. The summed E-state index contributed by atoms with van der Waals surface area (Å²) in [4.78, 5) is 11.9. The fraction of sp³-hybridized carbons (Fsp3) is 0.267. The summed E-state index contributed by atoms with van der Waals surface area (Å²) in [6.45, 7) is 3.00. The van der Waals surface area contributed by atoms with Crippen molar-refractivity contribution in [3.8, 4) is 5.75 Å². The minimum absolute atomic E-state index is 0.0414. The van der Waals surface area contributed by atoms with Crippen LogP contribution in [0.1, 0.15) is 12.0 Å². The van der Waals surface area contributed by atoms with E-state index < -0.39 is 0 Å². The van der Waals surface area contributed by atoms with Crippen LogP contribution in [0, 0.1) is 6.92 Å². The van der Waals surface area contributed by atoms with Crippen LogP contribution in [0.4, 0.5) is 0 Å². The molecule has 5 heteroatoms. The van der Waals surface area contributed by atoms with Crippen molar-refractivity contribution in [3.05, 3.63) is 61.9 Å². The molecule has 2 rings (SSSR count). The molecule has 0 saturated heterocycles. The fourth-order valence-corrected chi connectivity index (χ4v) is 2.58. The number of nitrogens with zero attached hydrogens (tertiary/aromatic N) is 1. The van der Waals surface area contributed by atoms with E-state index in [4.69, 9.17) is 16.3 Å². The minimum atomic E-state index is 0.0414. The molecule has 20 heavy (non-hydrogen) atoms. The summed E-state index contributed by atoms with van der Waals surface area (Å²) in [5.74, 6) is 0.784. The first kappa shape index (κ1) is 15.1. The van der Waals surface area contributed by atoms with Gasteiger partial charge in [0.15, 0.2) is 0 Å². The van der Waals surface area contributed by atoms with Gasteiger partial charge < -0.3 is 9.30 Å². The van der Waals surface area contributed by atoms with Crippen molar-refractivity contribution in [2.45, 2.75) is 19.9 Å². The van der Waals surface area contributed by atoms with Gasteiger partial charge >= 0.3 is 0 Å². The predicted molar refractivity (Wildman–Crippen MR) is 84.7 cm³/mol. The Labute approximate surface area is 131 Å². The lowest BCUT2D eigenvalue weighted by Gasteiger charge is -2.09. The molecule has 0 fully saturated rings. The van der Waals surface area contributed by atoms with E-state index >= 15 is 0 Å². The van der Waals surface area contributed by atoms with Gasteiger partial charge in [-0.05, 0) is 59.6 Å². The Bertz CT molecular complexity index is 637. The molecule has 0 amide bonds. The van der Waals surface area contributed by atoms with Crippen molar-refractivity contribution < 1.29 is 4.74 Å².